The minimum atomic E-state index is 0.454. The highest BCUT2D eigenvalue weighted by Gasteiger charge is 2.05. The third kappa shape index (κ3) is 1.44. The van der Waals surface area contributed by atoms with Gasteiger partial charge in [0.05, 0.1) is 0 Å². The maximum absolute atomic E-state index is 5.97. The molecule has 0 amide bonds. The Labute approximate surface area is 96.5 Å². The topological polar surface area (TPSA) is 43.1 Å². The summed E-state index contributed by atoms with van der Waals surface area (Å²) in [5.41, 5.74) is 2.93. The van der Waals surface area contributed by atoms with Crippen molar-refractivity contribution in [1.29, 1.82) is 0 Å². The van der Waals surface area contributed by atoms with Gasteiger partial charge in [-0.15, -0.1) is 0 Å². The summed E-state index contributed by atoms with van der Waals surface area (Å²) in [6, 6.07) is 5.84. The van der Waals surface area contributed by atoms with E-state index in [9.17, 15) is 0 Å². The predicted octanol–water partition coefficient (Wildman–Crippen LogP) is 2.44. The number of hydrogen-bond acceptors (Lipinski definition) is 3. The molecule has 0 atom stereocenters. The molecule has 3 heterocycles. The van der Waals surface area contributed by atoms with Crippen LogP contribution >= 0.6 is 11.6 Å². The molecule has 3 rings (SSSR count). The van der Waals surface area contributed by atoms with Crippen LogP contribution in [0, 0.1) is 0 Å². The molecule has 0 fully saturated rings. The minimum absolute atomic E-state index is 0.454. The first-order valence-electron chi connectivity index (χ1n) is 4.74. The lowest BCUT2D eigenvalue weighted by Crippen LogP contribution is -1.90. The number of nitrogens with zero attached hydrogens (tertiary/aromatic N) is 4. The standard InChI is InChI=1S/C11H7ClN4/c12-11-10-5-9(6-16(10)15-7-14-11)8-1-3-13-4-2-8/h1-7H. The summed E-state index contributed by atoms with van der Waals surface area (Å²) in [5.74, 6) is 0. The van der Waals surface area contributed by atoms with Crippen molar-refractivity contribution in [3.05, 3.63) is 48.3 Å². The van der Waals surface area contributed by atoms with Gasteiger partial charge in [0.25, 0.3) is 0 Å². The molecular weight excluding hydrogens is 224 g/mol. The van der Waals surface area contributed by atoms with Crippen LogP contribution in [0.3, 0.4) is 0 Å². The second kappa shape index (κ2) is 3.57. The van der Waals surface area contributed by atoms with Crippen LogP contribution in [0.1, 0.15) is 0 Å². The first kappa shape index (κ1) is 9.30. The highest BCUT2D eigenvalue weighted by Crippen LogP contribution is 2.23. The molecule has 0 aliphatic carbocycles. The minimum Gasteiger partial charge on any atom is -0.265 e. The van der Waals surface area contributed by atoms with Crippen molar-refractivity contribution in [2.75, 3.05) is 0 Å². The van der Waals surface area contributed by atoms with Crippen molar-refractivity contribution in [2.24, 2.45) is 0 Å². The molecule has 0 unspecified atom stereocenters. The van der Waals surface area contributed by atoms with Crippen LogP contribution < -0.4 is 0 Å². The van der Waals surface area contributed by atoms with Crippen molar-refractivity contribution in [3.8, 4) is 11.1 Å². The monoisotopic (exact) mass is 230 g/mol. The SMILES string of the molecule is Clc1ncnn2cc(-c3ccncc3)cc12. The van der Waals surface area contributed by atoms with E-state index in [2.05, 4.69) is 15.1 Å². The predicted molar refractivity (Wildman–Crippen MR) is 61.2 cm³/mol. The Morgan fingerprint density at radius 3 is 2.69 bits per heavy atom. The smallest absolute Gasteiger partial charge is 0.156 e. The zero-order valence-electron chi connectivity index (χ0n) is 8.21. The number of hydrogen-bond donors (Lipinski definition) is 0. The van der Waals surface area contributed by atoms with Crippen molar-refractivity contribution in [1.82, 2.24) is 19.6 Å². The van der Waals surface area contributed by atoms with Crippen LogP contribution in [0.4, 0.5) is 0 Å². The molecule has 16 heavy (non-hydrogen) atoms. The Balaban J connectivity index is 2.23. The summed E-state index contributed by atoms with van der Waals surface area (Å²) in [4.78, 5) is 7.92. The summed E-state index contributed by atoms with van der Waals surface area (Å²) in [7, 11) is 0. The molecular formula is C11H7ClN4. The van der Waals surface area contributed by atoms with Crippen LogP contribution in [0.15, 0.2) is 43.1 Å². The van der Waals surface area contributed by atoms with Crippen LogP contribution in [0.2, 0.25) is 5.15 Å². The Morgan fingerprint density at radius 2 is 1.94 bits per heavy atom. The maximum Gasteiger partial charge on any atom is 0.156 e. The lowest BCUT2D eigenvalue weighted by atomic mass is 10.1. The largest absolute Gasteiger partial charge is 0.265 e. The molecule has 0 N–H and O–H groups in total. The summed E-state index contributed by atoms with van der Waals surface area (Å²) in [6.45, 7) is 0. The fourth-order valence-corrected chi connectivity index (χ4v) is 1.79. The van der Waals surface area contributed by atoms with E-state index in [1.54, 1.807) is 16.9 Å². The summed E-state index contributed by atoms with van der Waals surface area (Å²) in [5, 5.41) is 4.55. The van der Waals surface area contributed by atoms with E-state index in [-0.39, 0.29) is 0 Å². The van der Waals surface area contributed by atoms with E-state index in [0.717, 1.165) is 16.6 Å². The molecule has 0 aromatic carbocycles. The summed E-state index contributed by atoms with van der Waals surface area (Å²) >= 11 is 5.97. The van der Waals surface area contributed by atoms with Gasteiger partial charge >= 0.3 is 0 Å². The summed E-state index contributed by atoms with van der Waals surface area (Å²) in [6.07, 6.45) is 6.86. The van der Waals surface area contributed by atoms with E-state index in [4.69, 9.17) is 11.6 Å². The van der Waals surface area contributed by atoms with Gasteiger partial charge in [0.2, 0.25) is 0 Å². The molecule has 4 nitrogen and oxygen atoms in total. The van der Waals surface area contributed by atoms with E-state index >= 15 is 0 Å². The van der Waals surface area contributed by atoms with Gasteiger partial charge in [0.1, 0.15) is 11.8 Å². The van der Waals surface area contributed by atoms with Crippen LogP contribution in [0.25, 0.3) is 16.6 Å². The van der Waals surface area contributed by atoms with E-state index in [1.807, 2.05) is 24.4 Å². The van der Waals surface area contributed by atoms with E-state index < -0.39 is 0 Å². The number of pyridine rings is 1. The van der Waals surface area contributed by atoms with Crippen LogP contribution in [-0.2, 0) is 0 Å². The first-order chi connectivity index (χ1) is 7.84. The molecule has 3 aromatic rings. The van der Waals surface area contributed by atoms with Gasteiger partial charge in [-0.1, -0.05) is 11.6 Å². The highest BCUT2D eigenvalue weighted by atomic mass is 35.5. The lowest BCUT2D eigenvalue weighted by Gasteiger charge is -1.93. The molecule has 3 aromatic heterocycles. The van der Waals surface area contributed by atoms with Gasteiger partial charge in [-0.2, -0.15) is 5.10 Å². The highest BCUT2D eigenvalue weighted by molar-refractivity contribution is 6.32. The first-order valence-corrected chi connectivity index (χ1v) is 5.12. The third-order valence-electron chi connectivity index (χ3n) is 2.37. The molecule has 0 aliphatic rings. The molecule has 5 heteroatoms. The van der Waals surface area contributed by atoms with Crippen molar-refractivity contribution in [3.63, 3.8) is 0 Å². The molecule has 0 radical (unpaired) electrons. The van der Waals surface area contributed by atoms with Crippen molar-refractivity contribution < 1.29 is 0 Å². The average molecular weight is 231 g/mol. The van der Waals surface area contributed by atoms with Gasteiger partial charge in [0.15, 0.2) is 5.15 Å². The Bertz CT molecular complexity index is 633. The maximum atomic E-state index is 5.97. The van der Waals surface area contributed by atoms with E-state index in [0.29, 0.717) is 5.15 Å². The quantitative estimate of drug-likeness (QED) is 0.645. The van der Waals surface area contributed by atoms with Gasteiger partial charge in [-0.25, -0.2) is 9.50 Å². The van der Waals surface area contributed by atoms with Gasteiger partial charge in [0, 0.05) is 24.2 Å². The van der Waals surface area contributed by atoms with Gasteiger partial charge < -0.3 is 0 Å². The fourth-order valence-electron chi connectivity index (χ4n) is 1.60. The molecule has 0 saturated carbocycles. The normalized spacial score (nSPS) is 10.8. The molecule has 0 saturated heterocycles. The van der Waals surface area contributed by atoms with Crippen molar-refractivity contribution >= 4 is 17.1 Å². The molecule has 0 aliphatic heterocycles. The fraction of sp³-hybridized carbons (Fsp3) is 0. The third-order valence-corrected chi connectivity index (χ3v) is 2.66. The molecule has 0 spiro atoms. The van der Waals surface area contributed by atoms with E-state index in [1.165, 1.54) is 6.33 Å². The molecule has 0 bridgehead atoms. The Morgan fingerprint density at radius 1 is 1.12 bits per heavy atom. The Hall–Kier alpha value is -1.94. The number of fused-ring (bicyclic) bond motifs is 1. The number of aromatic nitrogens is 4. The zero-order valence-corrected chi connectivity index (χ0v) is 8.96. The molecule has 78 valence electrons. The number of rotatable bonds is 1. The number of halogens is 1. The Kier molecular flexibility index (Phi) is 2.08. The average Bonchev–Trinajstić information content (AvgIpc) is 2.76. The van der Waals surface area contributed by atoms with Gasteiger partial charge in [-0.3, -0.25) is 4.98 Å². The van der Waals surface area contributed by atoms with Gasteiger partial charge in [-0.05, 0) is 23.8 Å². The van der Waals surface area contributed by atoms with Crippen LogP contribution in [0.5, 0.6) is 0 Å². The second-order valence-electron chi connectivity index (χ2n) is 3.35. The zero-order chi connectivity index (χ0) is 11.0. The van der Waals surface area contributed by atoms with Crippen LogP contribution in [-0.4, -0.2) is 19.6 Å². The second-order valence-corrected chi connectivity index (χ2v) is 3.70. The lowest BCUT2D eigenvalue weighted by molar-refractivity contribution is 0.904. The summed E-state index contributed by atoms with van der Waals surface area (Å²) < 4.78 is 1.71. The van der Waals surface area contributed by atoms with Crippen molar-refractivity contribution in [2.45, 2.75) is 0 Å².